The molecule has 0 heterocycles. The predicted molar refractivity (Wildman–Crippen MR) is 110 cm³/mol. The fraction of sp³-hybridized carbons (Fsp3) is 0.333. The van der Waals surface area contributed by atoms with Crippen LogP contribution in [-0.4, -0.2) is 36.9 Å². The van der Waals surface area contributed by atoms with E-state index in [4.69, 9.17) is 11.6 Å². The van der Waals surface area contributed by atoms with Crippen molar-refractivity contribution in [3.8, 4) is 0 Å². The Morgan fingerprint density at radius 2 is 1.63 bits per heavy atom. The number of hydrogen-bond acceptors (Lipinski definition) is 3. The van der Waals surface area contributed by atoms with Crippen LogP contribution in [0.15, 0.2) is 42.5 Å². The molecule has 2 rings (SSSR count). The lowest BCUT2D eigenvalue weighted by Crippen LogP contribution is -2.39. The molecule has 27 heavy (non-hydrogen) atoms. The number of benzene rings is 2. The van der Waals surface area contributed by atoms with Crippen molar-refractivity contribution in [3.05, 3.63) is 64.2 Å². The summed E-state index contributed by atoms with van der Waals surface area (Å²) >= 11 is 5.83. The molecule has 2 N–H and O–H groups in total. The first-order valence-electron chi connectivity index (χ1n) is 8.85. The largest absolute Gasteiger partial charge is 0.348 e. The van der Waals surface area contributed by atoms with Gasteiger partial charge in [-0.1, -0.05) is 29.8 Å². The molecular formula is C21H26ClN3O2. The van der Waals surface area contributed by atoms with Crippen LogP contribution < -0.4 is 10.6 Å². The Bertz CT molecular complexity index is 806. The summed E-state index contributed by atoms with van der Waals surface area (Å²) in [5.41, 5.74) is 4.16. The maximum Gasteiger partial charge on any atom is 0.238 e. The van der Waals surface area contributed by atoms with Gasteiger partial charge in [-0.3, -0.25) is 14.5 Å². The van der Waals surface area contributed by atoms with Crippen molar-refractivity contribution in [2.45, 2.75) is 26.8 Å². The third-order valence-electron chi connectivity index (χ3n) is 4.36. The number of likely N-dealkylation sites (N-methyl/N-ethyl adjacent to an activating group) is 1. The van der Waals surface area contributed by atoms with E-state index >= 15 is 0 Å². The predicted octanol–water partition coefficient (Wildman–Crippen LogP) is 3.70. The second-order valence-corrected chi connectivity index (χ2v) is 7.30. The van der Waals surface area contributed by atoms with E-state index in [1.54, 1.807) is 36.2 Å². The Hall–Kier alpha value is -2.37. The molecule has 0 aromatic heterocycles. The van der Waals surface area contributed by atoms with Gasteiger partial charge in [0.2, 0.25) is 11.8 Å². The molecule has 2 aromatic rings. The fourth-order valence-corrected chi connectivity index (χ4v) is 2.81. The highest BCUT2D eigenvalue weighted by Gasteiger charge is 2.14. The van der Waals surface area contributed by atoms with Crippen molar-refractivity contribution in [2.24, 2.45) is 0 Å². The minimum absolute atomic E-state index is 0.0897. The van der Waals surface area contributed by atoms with Crippen LogP contribution in [0.5, 0.6) is 0 Å². The lowest BCUT2D eigenvalue weighted by molar-refractivity contribution is -0.123. The zero-order valence-electron chi connectivity index (χ0n) is 16.2. The van der Waals surface area contributed by atoms with E-state index in [-0.39, 0.29) is 30.9 Å². The number of halogens is 1. The highest BCUT2D eigenvalue weighted by molar-refractivity contribution is 6.30. The van der Waals surface area contributed by atoms with E-state index in [0.717, 1.165) is 5.56 Å². The average molecular weight is 388 g/mol. The minimum Gasteiger partial charge on any atom is -0.348 e. The fourth-order valence-electron chi connectivity index (χ4n) is 2.68. The molecule has 0 bridgehead atoms. The topological polar surface area (TPSA) is 61.4 Å². The second-order valence-electron chi connectivity index (χ2n) is 6.86. The third-order valence-corrected chi connectivity index (χ3v) is 4.62. The molecule has 0 radical (unpaired) electrons. The molecule has 5 nitrogen and oxygen atoms in total. The van der Waals surface area contributed by atoms with Crippen LogP contribution in [-0.2, 0) is 9.59 Å². The monoisotopic (exact) mass is 387 g/mol. The molecule has 0 spiro atoms. The van der Waals surface area contributed by atoms with Crippen LogP contribution in [0.25, 0.3) is 0 Å². The first-order chi connectivity index (χ1) is 12.7. The summed E-state index contributed by atoms with van der Waals surface area (Å²) in [6.07, 6.45) is 0. The number of aryl methyl sites for hydroxylation is 2. The molecule has 144 valence electrons. The highest BCUT2D eigenvalue weighted by atomic mass is 35.5. The zero-order chi connectivity index (χ0) is 20.0. The Morgan fingerprint density at radius 1 is 1.00 bits per heavy atom. The third kappa shape index (κ3) is 6.70. The van der Waals surface area contributed by atoms with Gasteiger partial charge in [0.05, 0.1) is 19.1 Å². The number of carbonyl (C=O) groups excluding carboxylic acids is 2. The van der Waals surface area contributed by atoms with Crippen molar-refractivity contribution >= 4 is 29.1 Å². The molecule has 0 aliphatic carbocycles. The molecule has 2 aromatic carbocycles. The molecule has 0 aliphatic rings. The molecule has 0 saturated carbocycles. The van der Waals surface area contributed by atoms with Crippen molar-refractivity contribution < 1.29 is 9.59 Å². The van der Waals surface area contributed by atoms with Crippen molar-refractivity contribution in [3.63, 3.8) is 0 Å². The van der Waals surface area contributed by atoms with Gasteiger partial charge in [-0.15, -0.1) is 0 Å². The zero-order valence-corrected chi connectivity index (χ0v) is 16.9. The quantitative estimate of drug-likeness (QED) is 0.761. The molecule has 0 saturated heterocycles. The van der Waals surface area contributed by atoms with Gasteiger partial charge in [0.15, 0.2) is 0 Å². The van der Waals surface area contributed by atoms with Gasteiger partial charge in [0.25, 0.3) is 0 Å². The first-order valence-corrected chi connectivity index (χ1v) is 9.23. The molecule has 0 fully saturated rings. The van der Waals surface area contributed by atoms with Gasteiger partial charge in [0.1, 0.15) is 0 Å². The van der Waals surface area contributed by atoms with E-state index in [9.17, 15) is 9.59 Å². The summed E-state index contributed by atoms with van der Waals surface area (Å²) in [6.45, 7) is 6.33. The second kappa shape index (κ2) is 9.53. The Morgan fingerprint density at radius 3 is 2.26 bits per heavy atom. The molecule has 2 amide bonds. The molecule has 1 atom stereocenters. The summed E-state index contributed by atoms with van der Waals surface area (Å²) in [5, 5.41) is 6.37. The lowest BCUT2D eigenvalue weighted by Gasteiger charge is -2.19. The molecular weight excluding hydrogens is 362 g/mol. The van der Waals surface area contributed by atoms with Gasteiger partial charge in [-0.25, -0.2) is 0 Å². The Kier molecular flexibility index (Phi) is 7.39. The highest BCUT2D eigenvalue weighted by Crippen LogP contribution is 2.16. The number of anilines is 1. The summed E-state index contributed by atoms with van der Waals surface area (Å²) in [6, 6.07) is 13.0. The number of rotatable bonds is 7. The van der Waals surface area contributed by atoms with Gasteiger partial charge >= 0.3 is 0 Å². The standard InChI is InChI=1S/C21H26ClN3O2/c1-14-5-6-17(11-15(14)2)16(3)23-20(26)12-25(4)13-21(27)24-19-9-7-18(22)8-10-19/h5-11,16H,12-13H2,1-4H3,(H,23,26)(H,24,27)/t16-/m1/s1. The molecule has 0 unspecified atom stereocenters. The van der Waals surface area contributed by atoms with Crippen molar-refractivity contribution in [1.29, 1.82) is 0 Å². The van der Waals surface area contributed by atoms with Crippen LogP contribution >= 0.6 is 11.6 Å². The van der Waals surface area contributed by atoms with Crippen LogP contribution in [0.4, 0.5) is 5.69 Å². The summed E-state index contributed by atoms with van der Waals surface area (Å²) < 4.78 is 0. The minimum atomic E-state index is -0.185. The maximum atomic E-state index is 12.3. The van der Waals surface area contributed by atoms with Gasteiger partial charge in [-0.05, 0) is 68.8 Å². The van der Waals surface area contributed by atoms with E-state index in [1.165, 1.54) is 11.1 Å². The van der Waals surface area contributed by atoms with Gasteiger partial charge in [0, 0.05) is 10.7 Å². The van der Waals surface area contributed by atoms with E-state index in [1.807, 2.05) is 13.0 Å². The van der Waals surface area contributed by atoms with Crippen LogP contribution in [0.2, 0.25) is 5.02 Å². The van der Waals surface area contributed by atoms with Crippen LogP contribution in [0, 0.1) is 13.8 Å². The number of nitrogens with zero attached hydrogens (tertiary/aromatic N) is 1. The summed E-state index contributed by atoms with van der Waals surface area (Å²) in [4.78, 5) is 26.0. The van der Waals surface area contributed by atoms with E-state index in [0.29, 0.717) is 10.7 Å². The lowest BCUT2D eigenvalue weighted by atomic mass is 10.0. The van der Waals surface area contributed by atoms with E-state index < -0.39 is 0 Å². The number of carbonyl (C=O) groups is 2. The van der Waals surface area contributed by atoms with Gasteiger partial charge in [-0.2, -0.15) is 0 Å². The molecule has 0 aliphatic heterocycles. The SMILES string of the molecule is Cc1ccc([C@@H](C)NC(=O)CN(C)CC(=O)Nc2ccc(Cl)cc2)cc1C. The van der Waals surface area contributed by atoms with E-state index in [2.05, 4.69) is 36.6 Å². The number of hydrogen-bond donors (Lipinski definition) is 2. The summed E-state index contributed by atoms with van der Waals surface area (Å²) in [7, 11) is 1.74. The van der Waals surface area contributed by atoms with Crippen molar-refractivity contribution in [2.75, 3.05) is 25.5 Å². The first kappa shape index (κ1) is 20.9. The van der Waals surface area contributed by atoms with Gasteiger partial charge < -0.3 is 10.6 Å². The number of amides is 2. The summed E-state index contributed by atoms with van der Waals surface area (Å²) in [5.74, 6) is -0.308. The molecule has 6 heteroatoms. The normalized spacial score (nSPS) is 11.9. The maximum absolute atomic E-state index is 12.3. The van der Waals surface area contributed by atoms with Crippen molar-refractivity contribution in [1.82, 2.24) is 10.2 Å². The Balaban J connectivity index is 1.81. The smallest absolute Gasteiger partial charge is 0.238 e. The average Bonchev–Trinajstić information content (AvgIpc) is 2.58. The number of nitrogens with one attached hydrogen (secondary N) is 2. The van der Waals surface area contributed by atoms with Crippen LogP contribution in [0.1, 0.15) is 29.7 Å². The van der Waals surface area contributed by atoms with Crippen LogP contribution in [0.3, 0.4) is 0 Å². The Labute approximate surface area is 165 Å².